The average Bonchev–Trinajstić information content (AvgIpc) is 3.62. The zero-order chi connectivity index (χ0) is 26.4. The lowest BCUT2D eigenvalue weighted by atomic mass is 10.0. The number of hydrogen-bond donors (Lipinski definition) is 2. The first-order valence-corrected chi connectivity index (χ1v) is 12.3. The van der Waals surface area contributed by atoms with Crippen molar-refractivity contribution in [1.82, 2.24) is 24.5 Å². The number of rotatable bonds is 7. The lowest BCUT2D eigenvalue weighted by Crippen LogP contribution is -2.29. The van der Waals surface area contributed by atoms with E-state index in [4.69, 9.17) is 0 Å². The Hall–Kier alpha value is -4.60. The summed E-state index contributed by atoms with van der Waals surface area (Å²) in [6.07, 6.45) is 5.24. The number of aryl methyl sites for hydroxylation is 1. The van der Waals surface area contributed by atoms with E-state index >= 15 is 0 Å². The third-order valence-electron chi connectivity index (χ3n) is 6.80. The molecule has 2 aromatic carbocycles. The van der Waals surface area contributed by atoms with Gasteiger partial charge in [0.15, 0.2) is 5.65 Å². The second-order valence-corrected chi connectivity index (χ2v) is 9.54. The van der Waals surface area contributed by atoms with Gasteiger partial charge in [-0.15, -0.1) is 5.10 Å². The minimum absolute atomic E-state index is 0.0511. The lowest BCUT2D eigenvalue weighted by molar-refractivity contribution is -0.117. The van der Waals surface area contributed by atoms with E-state index in [9.17, 15) is 18.4 Å². The summed E-state index contributed by atoms with van der Waals surface area (Å²) in [5, 5.41) is 10.5. The topological polar surface area (TPSA) is 93.3 Å². The van der Waals surface area contributed by atoms with Gasteiger partial charge in [-0.2, -0.15) is 4.98 Å². The number of benzene rings is 2. The molecule has 0 saturated heterocycles. The number of pyridine rings is 1. The number of fused-ring (bicyclic) bond motifs is 2. The van der Waals surface area contributed by atoms with E-state index in [1.165, 1.54) is 18.2 Å². The largest absolute Gasteiger partial charge is 0.350 e. The Morgan fingerprint density at radius 1 is 1.11 bits per heavy atom. The quantitative estimate of drug-likeness (QED) is 0.326. The third-order valence-corrected chi connectivity index (χ3v) is 6.80. The predicted molar refractivity (Wildman–Crippen MR) is 139 cm³/mol. The van der Waals surface area contributed by atoms with Gasteiger partial charge in [0.25, 0.3) is 5.91 Å². The van der Waals surface area contributed by atoms with E-state index in [1.54, 1.807) is 23.0 Å². The maximum atomic E-state index is 13.8. The van der Waals surface area contributed by atoms with Crippen molar-refractivity contribution in [3.8, 4) is 11.1 Å². The van der Waals surface area contributed by atoms with Crippen molar-refractivity contribution in [2.45, 2.75) is 18.9 Å². The number of aromatic nitrogens is 4. The first-order valence-electron chi connectivity index (χ1n) is 12.3. The van der Waals surface area contributed by atoms with Crippen LogP contribution in [0.25, 0.3) is 27.7 Å². The molecule has 0 aliphatic heterocycles. The van der Waals surface area contributed by atoms with Crippen molar-refractivity contribution in [2.24, 2.45) is 13.0 Å². The Morgan fingerprint density at radius 3 is 2.68 bits per heavy atom. The minimum atomic E-state index is -0.971. The van der Waals surface area contributed by atoms with Crippen LogP contribution in [0.5, 0.6) is 0 Å². The predicted octanol–water partition coefficient (Wildman–Crippen LogP) is 4.82. The van der Waals surface area contributed by atoms with Crippen LogP contribution in [0.1, 0.15) is 34.8 Å². The van der Waals surface area contributed by atoms with E-state index in [0.717, 1.165) is 29.5 Å². The standard InChI is InChI=1S/C28H24F2N6O2/c1-35-15-22(27(38)31-23(14-29)19-3-2-4-20(30)11-19)21-12-17(7-8-24(21)35)18-9-10-36-25(13-18)32-28(34-36)33-26(37)16-5-6-16/h2-4,7-13,15-16,23H,5-6,14H2,1H3,(H,31,38)(H,33,34,37)/t23-/m0/s1. The van der Waals surface area contributed by atoms with Crippen molar-refractivity contribution in [3.63, 3.8) is 0 Å². The molecule has 192 valence electrons. The third kappa shape index (κ3) is 4.49. The van der Waals surface area contributed by atoms with E-state index < -0.39 is 24.4 Å². The van der Waals surface area contributed by atoms with Crippen LogP contribution in [0.2, 0.25) is 0 Å². The molecule has 0 radical (unpaired) electrons. The number of nitrogens with one attached hydrogen (secondary N) is 2. The highest BCUT2D eigenvalue weighted by Gasteiger charge is 2.30. The molecular weight excluding hydrogens is 490 g/mol. The highest BCUT2D eigenvalue weighted by atomic mass is 19.1. The van der Waals surface area contributed by atoms with Gasteiger partial charge >= 0.3 is 0 Å². The number of anilines is 1. The second kappa shape index (κ2) is 9.37. The highest BCUT2D eigenvalue weighted by Crippen LogP contribution is 2.31. The summed E-state index contributed by atoms with van der Waals surface area (Å²) in [4.78, 5) is 29.7. The fourth-order valence-electron chi connectivity index (χ4n) is 4.59. The number of hydrogen-bond acceptors (Lipinski definition) is 4. The number of halogens is 2. The average molecular weight is 515 g/mol. The van der Waals surface area contributed by atoms with Gasteiger partial charge in [0.05, 0.1) is 11.6 Å². The maximum Gasteiger partial charge on any atom is 0.254 e. The van der Waals surface area contributed by atoms with Crippen molar-refractivity contribution < 1.29 is 18.4 Å². The molecule has 0 unspecified atom stereocenters. The molecule has 8 nitrogen and oxygen atoms in total. The fourth-order valence-corrected chi connectivity index (χ4v) is 4.59. The molecule has 2 N–H and O–H groups in total. The molecule has 6 rings (SSSR count). The number of alkyl halides is 1. The SMILES string of the molecule is Cn1cc(C(=O)N[C@@H](CF)c2cccc(F)c2)c2cc(-c3ccn4nc(NC(=O)C5CC5)nc4c3)ccc21. The summed E-state index contributed by atoms with van der Waals surface area (Å²) >= 11 is 0. The Bertz CT molecular complexity index is 1700. The van der Waals surface area contributed by atoms with E-state index in [1.807, 2.05) is 41.9 Å². The van der Waals surface area contributed by atoms with Crippen LogP contribution in [-0.2, 0) is 11.8 Å². The number of nitrogens with zero attached hydrogens (tertiary/aromatic N) is 4. The first-order chi connectivity index (χ1) is 18.4. The van der Waals surface area contributed by atoms with Crippen LogP contribution in [0.15, 0.2) is 67.0 Å². The molecule has 1 aliphatic rings. The molecule has 10 heteroatoms. The number of amides is 2. The van der Waals surface area contributed by atoms with Crippen molar-refractivity contribution in [2.75, 3.05) is 12.0 Å². The van der Waals surface area contributed by atoms with Gasteiger partial charge in [0.2, 0.25) is 11.9 Å². The molecule has 1 aliphatic carbocycles. The van der Waals surface area contributed by atoms with Gasteiger partial charge in [0.1, 0.15) is 12.5 Å². The molecule has 3 aromatic heterocycles. The monoisotopic (exact) mass is 514 g/mol. The van der Waals surface area contributed by atoms with Crippen LogP contribution in [0.3, 0.4) is 0 Å². The maximum absolute atomic E-state index is 13.8. The van der Waals surface area contributed by atoms with Crippen LogP contribution in [-0.4, -0.2) is 37.7 Å². The van der Waals surface area contributed by atoms with Gasteiger partial charge in [-0.1, -0.05) is 18.2 Å². The second-order valence-electron chi connectivity index (χ2n) is 9.54. The lowest BCUT2D eigenvalue weighted by Gasteiger charge is -2.16. The Morgan fingerprint density at radius 2 is 1.92 bits per heavy atom. The molecule has 5 aromatic rings. The van der Waals surface area contributed by atoms with Crippen LogP contribution in [0, 0.1) is 11.7 Å². The zero-order valence-electron chi connectivity index (χ0n) is 20.5. The van der Waals surface area contributed by atoms with Crippen LogP contribution in [0.4, 0.5) is 14.7 Å². The van der Waals surface area contributed by atoms with Crippen molar-refractivity contribution in [1.29, 1.82) is 0 Å². The Kier molecular flexibility index (Phi) is 5.86. The number of carbonyl (C=O) groups excluding carboxylic acids is 2. The summed E-state index contributed by atoms with van der Waals surface area (Å²) in [6.45, 7) is -0.868. The molecule has 0 bridgehead atoms. The first kappa shape index (κ1) is 23.8. The van der Waals surface area contributed by atoms with Gasteiger partial charge < -0.3 is 9.88 Å². The van der Waals surface area contributed by atoms with Crippen LogP contribution >= 0.6 is 0 Å². The summed E-state index contributed by atoms with van der Waals surface area (Å²) < 4.78 is 30.9. The molecule has 38 heavy (non-hydrogen) atoms. The van der Waals surface area contributed by atoms with Crippen molar-refractivity contribution in [3.05, 3.63) is 83.9 Å². The van der Waals surface area contributed by atoms with E-state index in [0.29, 0.717) is 22.2 Å². The minimum Gasteiger partial charge on any atom is -0.350 e. The van der Waals surface area contributed by atoms with Gasteiger partial charge in [0, 0.05) is 36.3 Å². The molecular formula is C28H24F2N6O2. The van der Waals surface area contributed by atoms with Gasteiger partial charge in [-0.3, -0.25) is 14.9 Å². The summed E-state index contributed by atoms with van der Waals surface area (Å²) in [5.74, 6) is -0.697. The highest BCUT2D eigenvalue weighted by molar-refractivity contribution is 6.08. The van der Waals surface area contributed by atoms with Gasteiger partial charge in [-0.25, -0.2) is 13.3 Å². The Balaban J connectivity index is 1.30. The molecule has 1 fully saturated rings. The van der Waals surface area contributed by atoms with E-state index in [-0.39, 0.29) is 17.8 Å². The molecule has 2 amide bonds. The van der Waals surface area contributed by atoms with Crippen molar-refractivity contribution >= 4 is 34.3 Å². The molecule has 1 saturated carbocycles. The smallest absolute Gasteiger partial charge is 0.254 e. The van der Waals surface area contributed by atoms with Gasteiger partial charge in [-0.05, 0) is 65.9 Å². The molecule has 0 spiro atoms. The summed E-state index contributed by atoms with van der Waals surface area (Å²) in [7, 11) is 1.83. The molecule has 1 atom stereocenters. The molecule has 3 heterocycles. The number of carbonyl (C=O) groups is 2. The zero-order valence-corrected chi connectivity index (χ0v) is 20.5. The summed E-state index contributed by atoms with van der Waals surface area (Å²) in [6, 6.07) is 14.1. The van der Waals surface area contributed by atoms with E-state index in [2.05, 4.69) is 20.7 Å². The summed E-state index contributed by atoms with van der Waals surface area (Å²) in [5.41, 5.74) is 3.84. The Labute approximate surface area is 216 Å². The van der Waals surface area contributed by atoms with Crippen LogP contribution < -0.4 is 10.6 Å². The fraction of sp³-hybridized carbons (Fsp3) is 0.214. The normalized spacial score (nSPS) is 14.1.